The lowest BCUT2D eigenvalue weighted by Crippen LogP contribution is -1.97. The molecule has 0 unspecified atom stereocenters. The summed E-state index contributed by atoms with van der Waals surface area (Å²) in [4.78, 5) is 9.36. The Hall–Kier alpha value is -3.47. The van der Waals surface area contributed by atoms with Gasteiger partial charge in [0.25, 0.3) is 0 Å². The van der Waals surface area contributed by atoms with Gasteiger partial charge in [-0.2, -0.15) is 5.10 Å². The quantitative estimate of drug-likeness (QED) is 0.499. The molecule has 0 bridgehead atoms. The molecule has 0 aliphatic heterocycles. The van der Waals surface area contributed by atoms with Crippen LogP contribution in [0.4, 0.5) is 0 Å². The van der Waals surface area contributed by atoms with Gasteiger partial charge in [0.05, 0.1) is 23.0 Å². The molecule has 0 spiro atoms. The average Bonchev–Trinajstić information content (AvgIpc) is 3.27. The van der Waals surface area contributed by atoms with E-state index in [-0.39, 0.29) is 0 Å². The predicted molar refractivity (Wildman–Crippen MR) is 93.1 cm³/mol. The summed E-state index contributed by atoms with van der Waals surface area (Å²) in [7, 11) is 0. The molecule has 0 aliphatic carbocycles. The number of hydrogen-bond donors (Lipinski definition) is 0. The number of aromatic nitrogens is 5. The molecule has 0 aliphatic rings. The number of para-hydroxylation sites is 1. The van der Waals surface area contributed by atoms with Gasteiger partial charge in [-0.3, -0.25) is 4.40 Å². The summed E-state index contributed by atoms with van der Waals surface area (Å²) in [6.07, 6.45) is 5.61. The van der Waals surface area contributed by atoms with Crippen LogP contribution in [0.5, 0.6) is 0 Å². The fraction of sp³-hybridized carbons (Fsp3) is 0. The summed E-state index contributed by atoms with van der Waals surface area (Å²) in [5, 5.41) is 5.43. The molecule has 0 saturated carbocycles. The van der Waals surface area contributed by atoms with Crippen molar-refractivity contribution in [3.8, 4) is 16.9 Å². The Bertz CT molecular complexity index is 1140. The molecule has 5 nitrogen and oxygen atoms in total. The minimum absolute atomic E-state index is 0.805. The summed E-state index contributed by atoms with van der Waals surface area (Å²) in [5.41, 5.74) is 4.67. The predicted octanol–water partition coefficient (Wildman–Crippen LogP) is 3.74. The highest BCUT2D eigenvalue weighted by atomic mass is 15.3. The monoisotopic (exact) mass is 311 g/mol. The first kappa shape index (κ1) is 13.0. The lowest BCUT2D eigenvalue weighted by atomic mass is 10.2. The van der Waals surface area contributed by atoms with Crippen molar-refractivity contribution in [1.82, 2.24) is 24.1 Å². The Balaban J connectivity index is 1.74. The fourth-order valence-electron chi connectivity index (χ4n) is 2.93. The van der Waals surface area contributed by atoms with Crippen LogP contribution in [0.25, 0.3) is 33.6 Å². The van der Waals surface area contributed by atoms with E-state index in [2.05, 4.69) is 22.2 Å². The Kier molecular flexibility index (Phi) is 2.72. The first-order valence-electron chi connectivity index (χ1n) is 7.72. The molecule has 2 aromatic carbocycles. The minimum Gasteiger partial charge on any atom is -0.289 e. The number of fused-ring (bicyclic) bond motifs is 3. The van der Waals surface area contributed by atoms with E-state index in [1.807, 2.05) is 70.0 Å². The second-order valence-corrected chi connectivity index (χ2v) is 5.60. The second-order valence-electron chi connectivity index (χ2n) is 5.60. The summed E-state index contributed by atoms with van der Waals surface area (Å²) >= 11 is 0. The highest BCUT2D eigenvalue weighted by Gasteiger charge is 2.12. The summed E-state index contributed by atoms with van der Waals surface area (Å²) in [5.74, 6) is 0. The highest BCUT2D eigenvalue weighted by molar-refractivity contribution is 5.90. The molecule has 5 aromatic rings. The van der Waals surface area contributed by atoms with E-state index in [0.29, 0.717) is 0 Å². The van der Waals surface area contributed by atoms with E-state index in [4.69, 9.17) is 4.98 Å². The number of imidazole rings is 1. The van der Waals surface area contributed by atoms with Gasteiger partial charge in [0, 0.05) is 11.8 Å². The number of nitrogens with zero attached hydrogens (tertiary/aromatic N) is 5. The van der Waals surface area contributed by atoms with E-state index in [1.54, 1.807) is 6.33 Å². The van der Waals surface area contributed by atoms with Gasteiger partial charge in [-0.25, -0.2) is 14.6 Å². The van der Waals surface area contributed by atoms with Gasteiger partial charge in [0.1, 0.15) is 6.33 Å². The zero-order valence-corrected chi connectivity index (χ0v) is 12.7. The van der Waals surface area contributed by atoms with Crippen molar-refractivity contribution < 1.29 is 0 Å². The second kappa shape index (κ2) is 5.03. The highest BCUT2D eigenvalue weighted by Crippen LogP contribution is 2.24. The Morgan fingerprint density at radius 1 is 0.792 bits per heavy atom. The smallest absolute Gasteiger partial charge is 0.168 e. The maximum atomic E-state index is 4.79. The maximum Gasteiger partial charge on any atom is 0.168 e. The van der Waals surface area contributed by atoms with Crippen molar-refractivity contribution >= 4 is 16.7 Å². The first-order valence-corrected chi connectivity index (χ1v) is 7.72. The molecule has 3 heterocycles. The van der Waals surface area contributed by atoms with E-state index >= 15 is 0 Å². The van der Waals surface area contributed by atoms with Gasteiger partial charge in [0.2, 0.25) is 0 Å². The zero-order chi connectivity index (χ0) is 15.9. The van der Waals surface area contributed by atoms with E-state index in [1.165, 1.54) is 0 Å². The summed E-state index contributed by atoms with van der Waals surface area (Å²) in [6, 6.07) is 20.1. The third-order valence-corrected chi connectivity index (χ3v) is 4.09. The van der Waals surface area contributed by atoms with Gasteiger partial charge in [-0.15, -0.1) is 0 Å². The topological polar surface area (TPSA) is 48.0 Å². The Morgan fingerprint density at radius 3 is 2.33 bits per heavy atom. The van der Waals surface area contributed by atoms with E-state index in [9.17, 15) is 0 Å². The molecule has 0 atom stereocenters. The van der Waals surface area contributed by atoms with Crippen LogP contribution >= 0.6 is 0 Å². The van der Waals surface area contributed by atoms with Crippen molar-refractivity contribution in [3.05, 3.63) is 79.4 Å². The zero-order valence-electron chi connectivity index (χ0n) is 12.7. The van der Waals surface area contributed by atoms with Crippen molar-refractivity contribution in [2.45, 2.75) is 0 Å². The number of benzene rings is 2. The summed E-state index contributed by atoms with van der Waals surface area (Å²) < 4.78 is 3.79. The Labute approximate surface area is 137 Å². The van der Waals surface area contributed by atoms with Crippen LogP contribution in [0.2, 0.25) is 0 Å². The van der Waals surface area contributed by atoms with Gasteiger partial charge in [-0.1, -0.05) is 48.5 Å². The van der Waals surface area contributed by atoms with Gasteiger partial charge < -0.3 is 0 Å². The molecule has 114 valence electrons. The molecular weight excluding hydrogens is 298 g/mol. The van der Waals surface area contributed by atoms with Crippen LogP contribution in [0.15, 0.2) is 79.4 Å². The lowest BCUT2D eigenvalue weighted by molar-refractivity contribution is 0.893. The third-order valence-electron chi connectivity index (χ3n) is 4.09. The van der Waals surface area contributed by atoms with Crippen molar-refractivity contribution in [2.24, 2.45) is 0 Å². The van der Waals surface area contributed by atoms with E-state index in [0.717, 1.165) is 33.6 Å². The van der Waals surface area contributed by atoms with Gasteiger partial charge in [-0.05, 0) is 12.1 Å². The number of hydrogen-bond acceptors (Lipinski definition) is 3. The van der Waals surface area contributed by atoms with Crippen LogP contribution in [0, 0.1) is 0 Å². The molecule has 0 amide bonds. The van der Waals surface area contributed by atoms with Crippen molar-refractivity contribution in [3.63, 3.8) is 0 Å². The minimum atomic E-state index is 0.805. The van der Waals surface area contributed by atoms with Crippen LogP contribution in [-0.2, 0) is 0 Å². The molecular formula is C19H13N5. The summed E-state index contributed by atoms with van der Waals surface area (Å²) in [6.45, 7) is 0. The molecule has 3 aromatic heterocycles. The van der Waals surface area contributed by atoms with Crippen LogP contribution in [0.3, 0.4) is 0 Å². The van der Waals surface area contributed by atoms with Crippen LogP contribution in [0.1, 0.15) is 0 Å². The third kappa shape index (κ3) is 1.91. The Morgan fingerprint density at radius 2 is 1.54 bits per heavy atom. The molecule has 0 radical (unpaired) electrons. The van der Waals surface area contributed by atoms with Gasteiger partial charge in [0.15, 0.2) is 11.3 Å². The molecule has 0 fully saturated rings. The molecule has 0 saturated heterocycles. The largest absolute Gasteiger partial charge is 0.289 e. The standard InChI is InChI=1S/C19H13N5/c1-3-7-14(8-4-1)17-12-23-13-20-18-16(19(23)22-17)11-21-24(18)15-9-5-2-6-10-15/h1-13H. The molecule has 24 heavy (non-hydrogen) atoms. The fourth-order valence-corrected chi connectivity index (χ4v) is 2.93. The van der Waals surface area contributed by atoms with Crippen LogP contribution < -0.4 is 0 Å². The van der Waals surface area contributed by atoms with Crippen molar-refractivity contribution in [1.29, 1.82) is 0 Å². The maximum absolute atomic E-state index is 4.79. The first-order chi connectivity index (χ1) is 11.9. The average molecular weight is 311 g/mol. The van der Waals surface area contributed by atoms with Crippen molar-refractivity contribution in [2.75, 3.05) is 0 Å². The normalized spacial score (nSPS) is 11.3. The number of rotatable bonds is 2. The SMILES string of the molecule is c1ccc(-c2cn3cnc4c(cnn4-c4ccccc4)c3n2)cc1. The lowest BCUT2D eigenvalue weighted by Gasteiger charge is -2.02. The molecule has 5 heteroatoms. The van der Waals surface area contributed by atoms with Gasteiger partial charge >= 0.3 is 0 Å². The molecule has 5 rings (SSSR count). The molecule has 0 N–H and O–H groups in total. The van der Waals surface area contributed by atoms with E-state index < -0.39 is 0 Å². The van der Waals surface area contributed by atoms with Crippen LogP contribution in [-0.4, -0.2) is 24.1 Å².